The summed E-state index contributed by atoms with van der Waals surface area (Å²) in [6.45, 7) is 6.25. The first-order valence-electron chi connectivity index (χ1n) is 6.29. The molecule has 0 bridgehead atoms. The molecule has 2 rings (SSSR count). The van der Waals surface area contributed by atoms with Crippen molar-refractivity contribution in [1.82, 2.24) is 9.88 Å². The lowest BCUT2D eigenvalue weighted by Gasteiger charge is -2.12. The van der Waals surface area contributed by atoms with Crippen LogP contribution in [-0.2, 0) is 6.54 Å². The van der Waals surface area contributed by atoms with Crippen LogP contribution in [0.1, 0.15) is 20.3 Å². The van der Waals surface area contributed by atoms with E-state index >= 15 is 0 Å². The van der Waals surface area contributed by atoms with E-state index in [1.165, 1.54) is 0 Å². The van der Waals surface area contributed by atoms with E-state index in [2.05, 4.69) is 29.9 Å². The molecular weight excluding hydrogens is 267 g/mol. The summed E-state index contributed by atoms with van der Waals surface area (Å²) in [4.78, 5) is 0. The molecule has 0 aliphatic carbocycles. The van der Waals surface area contributed by atoms with Gasteiger partial charge < -0.3 is 9.88 Å². The lowest BCUT2D eigenvalue weighted by Crippen LogP contribution is -2.28. The van der Waals surface area contributed by atoms with Gasteiger partial charge in [-0.1, -0.05) is 30.1 Å². The Balaban J connectivity index is 2.14. The van der Waals surface area contributed by atoms with Crippen LogP contribution in [0.4, 0.5) is 0 Å². The van der Waals surface area contributed by atoms with Crippen molar-refractivity contribution in [3.63, 3.8) is 0 Å². The zero-order valence-corrected chi connectivity index (χ0v) is 12.2. The van der Waals surface area contributed by atoms with Gasteiger partial charge >= 0.3 is 0 Å². The monoisotopic (exact) mass is 284 g/mol. The molecular formula is C14H18Cl2N2. The molecule has 0 fully saturated rings. The summed E-state index contributed by atoms with van der Waals surface area (Å²) in [5, 5.41) is 5.93. The molecule has 98 valence electrons. The Morgan fingerprint density at radius 3 is 2.83 bits per heavy atom. The average molecular weight is 285 g/mol. The van der Waals surface area contributed by atoms with Gasteiger partial charge in [-0.2, -0.15) is 0 Å². The maximum absolute atomic E-state index is 6.17. The Morgan fingerprint density at radius 2 is 2.11 bits per heavy atom. The lowest BCUT2D eigenvalue weighted by atomic mass is 10.2. The Morgan fingerprint density at radius 1 is 1.33 bits per heavy atom. The van der Waals surface area contributed by atoms with Crippen molar-refractivity contribution in [3.05, 3.63) is 34.4 Å². The summed E-state index contributed by atoms with van der Waals surface area (Å²) in [7, 11) is 0. The van der Waals surface area contributed by atoms with Crippen LogP contribution in [0.2, 0.25) is 10.0 Å². The van der Waals surface area contributed by atoms with Gasteiger partial charge in [0, 0.05) is 35.7 Å². The van der Waals surface area contributed by atoms with E-state index in [9.17, 15) is 0 Å². The van der Waals surface area contributed by atoms with Gasteiger partial charge in [0.15, 0.2) is 0 Å². The number of hydrogen-bond donors (Lipinski definition) is 1. The largest absolute Gasteiger partial charge is 0.346 e. The normalized spacial score (nSPS) is 13.1. The van der Waals surface area contributed by atoms with Gasteiger partial charge in [-0.25, -0.2) is 0 Å². The van der Waals surface area contributed by atoms with Gasteiger partial charge in [0.25, 0.3) is 0 Å². The van der Waals surface area contributed by atoms with Gasteiger partial charge in [0.1, 0.15) is 0 Å². The van der Waals surface area contributed by atoms with Crippen LogP contribution in [0.25, 0.3) is 10.9 Å². The molecule has 1 atom stereocenters. The van der Waals surface area contributed by atoms with Crippen molar-refractivity contribution in [2.75, 3.05) is 6.54 Å². The van der Waals surface area contributed by atoms with Crippen molar-refractivity contribution >= 4 is 34.1 Å². The van der Waals surface area contributed by atoms with Crippen LogP contribution in [0.15, 0.2) is 24.4 Å². The van der Waals surface area contributed by atoms with Crippen molar-refractivity contribution in [2.45, 2.75) is 32.9 Å². The Labute approximate surface area is 118 Å². The summed E-state index contributed by atoms with van der Waals surface area (Å²) in [5.41, 5.74) is 1.10. The number of nitrogens with one attached hydrogen (secondary N) is 1. The molecule has 4 heteroatoms. The van der Waals surface area contributed by atoms with E-state index in [0.717, 1.165) is 30.4 Å². The minimum Gasteiger partial charge on any atom is -0.346 e. The second-order valence-electron chi connectivity index (χ2n) is 4.59. The standard InChI is InChI=1S/C14H18Cl2N2/c1-3-10(2)17-5-7-18-6-4-12-13(16)8-11(15)9-14(12)18/h4,6,8-10,17H,3,5,7H2,1-2H3. The molecule has 1 aromatic heterocycles. The smallest absolute Gasteiger partial charge is 0.0514 e. The van der Waals surface area contributed by atoms with Crippen LogP contribution >= 0.6 is 23.2 Å². The molecule has 1 heterocycles. The third-order valence-electron chi connectivity index (χ3n) is 3.26. The number of fused-ring (bicyclic) bond motifs is 1. The molecule has 0 radical (unpaired) electrons. The van der Waals surface area contributed by atoms with Crippen LogP contribution in [0.5, 0.6) is 0 Å². The second-order valence-corrected chi connectivity index (χ2v) is 5.44. The van der Waals surface area contributed by atoms with Gasteiger partial charge in [-0.15, -0.1) is 0 Å². The van der Waals surface area contributed by atoms with E-state index in [-0.39, 0.29) is 0 Å². The fourth-order valence-electron chi connectivity index (χ4n) is 1.99. The molecule has 0 aliphatic rings. The molecule has 2 aromatic rings. The number of rotatable bonds is 5. The maximum atomic E-state index is 6.17. The number of halogens is 2. The lowest BCUT2D eigenvalue weighted by molar-refractivity contribution is 0.509. The van der Waals surface area contributed by atoms with Gasteiger partial charge in [-0.3, -0.25) is 0 Å². The maximum Gasteiger partial charge on any atom is 0.0514 e. The van der Waals surface area contributed by atoms with Crippen LogP contribution < -0.4 is 5.32 Å². The SMILES string of the molecule is CCC(C)NCCn1ccc2c(Cl)cc(Cl)cc21. The highest BCUT2D eigenvalue weighted by molar-refractivity contribution is 6.38. The Bertz CT molecular complexity index is 534. The summed E-state index contributed by atoms with van der Waals surface area (Å²) >= 11 is 12.2. The highest BCUT2D eigenvalue weighted by Gasteiger charge is 2.06. The molecule has 0 aliphatic heterocycles. The first kappa shape index (κ1) is 13.7. The van der Waals surface area contributed by atoms with Crippen molar-refractivity contribution < 1.29 is 0 Å². The first-order chi connectivity index (χ1) is 8.61. The molecule has 1 N–H and O–H groups in total. The highest BCUT2D eigenvalue weighted by atomic mass is 35.5. The zero-order chi connectivity index (χ0) is 13.1. The van der Waals surface area contributed by atoms with E-state index in [4.69, 9.17) is 23.2 Å². The number of nitrogens with zero attached hydrogens (tertiary/aromatic N) is 1. The van der Waals surface area contributed by atoms with E-state index in [0.29, 0.717) is 16.1 Å². The quantitative estimate of drug-likeness (QED) is 0.865. The van der Waals surface area contributed by atoms with Crippen LogP contribution in [0, 0.1) is 0 Å². The second kappa shape index (κ2) is 5.96. The topological polar surface area (TPSA) is 17.0 Å². The van der Waals surface area contributed by atoms with Crippen LogP contribution in [-0.4, -0.2) is 17.2 Å². The Kier molecular flexibility index (Phi) is 4.55. The molecule has 0 saturated carbocycles. The van der Waals surface area contributed by atoms with Gasteiger partial charge in [0.05, 0.1) is 10.5 Å². The fourth-order valence-corrected chi connectivity index (χ4v) is 2.53. The van der Waals surface area contributed by atoms with Gasteiger partial charge in [-0.05, 0) is 31.5 Å². The predicted molar refractivity (Wildman–Crippen MR) is 79.7 cm³/mol. The number of benzene rings is 1. The average Bonchev–Trinajstić information content (AvgIpc) is 2.72. The zero-order valence-electron chi connectivity index (χ0n) is 10.7. The first-order valence-corrected chi connectivity index (χ1v) is 7.04. The van der Waals surface area contributed by atoms with Crippen molar-refractivity contribution in [3.8, 4) is 0 Å². The van der Waals surface area contributed by atoms with E-state index < -0.39 is 0 Å². The molecule has 1 aromatic carbocycles. The van der Waals surface area contributed by atoms with Crippen molar-refractivity contribution in [1.29, 1.82) is 0 Å². The van der Waals surface area contributed by atoms with E-state index in [1.54, 1.807) is 6.07 Å². The van der Waals surface area contributed by atoms with Gasteiger partial charge in [0.2, 0.25) is 0 Å². The summed E-state index contributed by atoms with van der Waals surface area (Å²) in [5.74, 6) is 0. The van der Waals surface area contributed by atoms with Crippen molar-refractivity contribution in [2.24, 2.45) is 0 Å². The van der Waals surface area contributed by atoms with E-state index in [1.807, 2.05) is 12.1 Å². The third kappa shape index (κ3) is 3.00. The summed E-state index contributed by atoms with van der Waals surface area (Å²) < 4.78 is 2.18. The number of aromatic nitrogens is 1. The summed E-state index contributed by atoms with van der Waals surface area (Å²) in [6.07, 6.45) is 3.20. The molecule has 1 unspecified atom stereocenters. The molecule has 0 spiro atoms. The minimum absolute atomic E-state index is 0.555. The molecule has 0 saturated heterocycles. The summed E-state index contributed by atoms with van der Waals surface area (Å²) in [6, 6.07) is 6.34. The predicted octanol–water partition coefficient (Wildman–Crippen LogP) is 4.34. The minimum atomic E-state index is 0.555. The molecule has 2 nitrogen and oxygen atoms in total. The third-order valence-corrected chi connectivity index (χ3v) is 3.79. The number of hydrogen-bond acceptors (Lipinski definition) is 1. The van der Waals surface area contributed by atoms with Crippen LogP contribution in [0.3, 0.4) is 0 Å². The molecule has 0 amide bonds. The molecule has 18 heavy (non-hydrogen) atoms. The fraction of sp³-hybridized carbons (Fsp3) is 0.429. The Hall–Kier alpha value is -0.700. The highest BCUT2D eigenvalue weighted by Crippen LogP contribution is 2.28.